The number of piperidine rings is 1. The Hall–Kier alpha value is -3.53. The number of aliphatic hydroxyl groups excluding tert-OH is 1. The first-order valence-corrected chi connectivity index (χ1v) is 11.8. The zero-order valence-corrected chi connectivity index (χ0v) is 20.9. The minimum Gasteiger partial charge on any atom is -0.444 e. The van der Waals surface area contributed by atoms with Gasteiger partial charge in [-0.2, -0.15) is 0 Å². The summed E-state index contributed by atoms with van der Waals surface area (Å²) in [4.78, 5) is 23.2. The number of benzene rings is 1. The number of ether oxygens (including phenoxy) is 1. The molecule has 2 aromatic heterocycles. The fourth-order valence-electron chi connectivity index (χ4n) is 4.30. The lowest BCUT2D eigenvalue weighted by Crippen LogP contribution is -2.42. The van der Waals surface area contributed by atoms with E-state index in [-0.39, 0.29) is 18.7 Å². The minimum absolute atomic E-state index is 0.0160. The first-order chi connectivity index (χ1) is 16.6. The number of aryl methyl sites for hydroxylation is 2. The van der Waals surface area contributed by atoms with Crippen molar-refractivity contribution in [1.82, 2.24) is 29.9 Å². The number of anilines is 2. The average molecular weight is 480 g/mol. The number of likely N-dealkylation sites (tertiary alicyclic amines) is 1. The number of hydrogen-bond acceptors (Lipinski definition) is 8. The maximum absolute atomic E-state index is 12.4. The molecule has 1 aliphatic heterocycles. The lowest BCUT2D eigenvalue weighted by molar-refractivity contribution is 0.0185. The summed E-state index contributed by atoms with van der Waals surface area (Å²) in [5, 5.41) is 21.8. The quantitative estimate of drug-likeness (QED) is 0.560. The van der Waals surface area contributed by atoms with E-state index in [0.29, 0.717) is 49.0 Å². The number of nitrogens with zero attached hydrogens (tertiary/aromatic N) is 6. The summed E-state index contributed by atoms with van der Waals surface area (Å²) in [6.45, 7) is 10.5. The first-order valence-electron chi connectivity index (χ1n) is 11.8. The molecule has 3 aromatic rings. The zero-order chi connectivity index (χ0) is 25.2. The van der Waals surface area contributed by atoms with Crippen molar-refractivity contribution in [2.24, 2.45) is 0 Å². The molecule has 0 radical (unpaired) electrons. The summed E-state index contributed by atoms with van der Waals surface area (Å²) in [5.74, 6) is 0.448. The Kier molecular flexibility index (Phi) is 7.02. The smallest absolute Gasteiger partial charge is 0.410 e. The van der Waals surface area contributed by atoms with Crippen LogP contribution in [0.1, 0.15) is 56.5 Å². The number of carbonyl (C=O) groups excluding carboxylic acids is 1. The highest BCUT2D eigenvalue weighted by Crippen LogP contribution is 2.30. The monoisotopic (exact) mass is 479 g/mol. The largest absolute Gasteiger partial charge is 0.444 e. The lowest BCUT2D eigenvalue weighted by Gasteiger charge is -2.33. The molecule has 1 saturated heterocycles. The van der Waals surface area contributed by atoms with Crippen molar-refractivity contribution < 1.29 is 14.6 Å². The number of nitrogens with one attached hydrogen (secondary N) is 1. The van der Waals surface area contributed by atoms with Gasteiger partial charge in [0.2, 0.25) is 5.95 Å². The van der Waals surface area contributed by atoms with Crippen LogP contribution >= 0.6 is 0 Å². The van der Waals surface area contributed by atoms with Crippen LogP contribution in [-0.4, -0.2) is 59.8 Å². The number of hydrogen-bond donors (Lipinski definition) is 2. The van der Waals surface area contributed by atoms with Gasteiger partial charge in [-0.1, -0.05) is 11.3 Å². The van der Waals surface area contributed by atoms with Gasteiger partial charge in [-0.05, 0) is 76.8 Å². The van der Waals surface area contributed by atoms with Crippen LogP contribution in [-0.2, 0) is 11.3 Å². The molecule has 186 valence electrons. The molecule has 2 N–H and O–H groups in total. The van der Waals surface area contributed by atoms with E-state index in [9.17, 15) is 9.90 Å². The predicted molar refractivity (Wildman–Crippen MR) is 132 cm³/mol. The van der Waals surface area contributed by atoms with Crippen molar-refractivity contribution in [3.63, 3.8) is 0 Å². The Balaban J connectivity index is 1.55. The van der Waals surface area contributed by atoms with Gasteiger partial charge in [0.15, 0.2) is 0 Å². The van der Waals surface area contributed by atoms with Crippen molar-refractivity contribution in [1.29, 1.82) is 0 Å². The van der Waals surface area contributed by atoms with Crippen molar-refractivity contribution in [2.75, 3.05) is 18.4 Å². The molecule has 0 saturated carbocycles. The van der Waals surface area contributed by atoms with Gasteiger partial charge in [0.1, 0.15) is 17.0 Å². The van der Waals surface area contributed by atoms with Crippen LogP contribution in [0.3, 0.4) is 0 Å². The van der Waals surface area contributed by atoms with Gasteiger partial charge in [-0.3, -0.25) is 0 Å². The highest BCUT2D eigenvalue weighted by Gasteiger charge is 2.30. The molecule has 1 amide bonds. The molecule has 3 heterocycles. The average Bonchev–Trinajstić information content (AvgIpc) is 3.22. The summed E-state index contributed by atoms with van der Waals surface area (Å²) in [5.41, 5.74) is 4.40. The third-order valence-corrected chi connectivity index (χ3v) is 5.75. The zero-order valence-electron chi connectivity index (χ0n) is 20.9. The first kappa shape index (κ1) is 24.6. The molecule has 0 spiro atoms. The molecule has 0 bridgehead atoms. The van der Waals surface area contributed by atoms with Gasteiger partial charge in [0.25, 0.3) is 0 Å². The Labute approximate surface area is 205 Å². The molecular formula is C25H33N7O3. The van der Waals surface area contributed by atoms with E-state index in [1.54, 1.807) is 17.2 Å². The Bertz CT molecular complexity index is 1170. The summed E-state index contributed by atoms with van der Waals surface area (Å²) >= 11 is 0. The fraction of sp³-hybridized carbons (Fsp3) is 0.480. The van der Waals surface area contributed by atoms with Crippen molar-refractivity contribution in [3.05, 3.63) is 47.3 Å². The van der Waals surface area contributed by atoms with E-state index in [1.807, 2.05) is 51.4 Å². The Morgan fingerprint density at radius 2 is 1.86 bits per heavy atom. The van der Waals surface area contributed by atoms with Crippen LogP contribution in [0, 0.1) is 13.8 Å². The molecule has 1 aromatic carbocycles. The number of aromatic nitrogens is 5. The molecule has 35 heavy (non-hydrogen) atoms. The van der Waals surface area contributed by atoms with Gasteiger partial charge in [0.05, 0.1) is 18.3 Å². The van der Waals surface area contributed by atoms with E-state index >= 15 is 0 Å². The number of aliphatic hydroxyl groups is 1. The normalized spacial score (nSPS) is 14.7. The highest BCUT2D eigenvalue weighted by molar-refractivity contribution is 5.68. The fourth-order valence-corrected chi connectivity index (χ4v) is 4.30. The second kappa shape index (κ2) is 9.99. The molecule has 1 aliphatic rings. The minimum atomic E-state index is -0.529. The molecule has 0 atom stereocenters. The lowest BCUT2D eigenvalue weighted by atomic mass is 10.0. The molecule has 0 unspecified atom stereocenters. The maximum Gasteiger partial charge on any atom is 0.410 e. The van der Waals surface area contributed by atoms with E-state index in [0.717, 1.165) is 16.8 Å². The summed E-state index contributed by atoms with van der Waals surface area (Å²) < 4.78 is 7.32. The Morgan fingerprint density at radius 3 is 2.49 bits per heavy atom. The van der Waals surface area contributed by atoms with Gasteiger partial charge in [0, 0.05) is 25.0 Å². The molecule has 1 fully saturated rings. The van der Waals surface area contributed by atoms with Crippen LogP contribution in [0.25, 0.3) is 11.4 Å². The van der Waals surface area contributed by atoms with E-state index in [4.69, 9.17) is 9.72 Å². The van der Waals surface area contributed by atoms with E-state index in [2.05, 4.69) is 26.7 Å². The van der Waals surface area contributed by atoms with Crippen LogP contribution < -0.4 is 5.32 Å². The standard InChI is InChI=1S/C25H33N7O3/c1-16-12-17(2)14-18(13-16)27-23-26-9-6-20(28-23)22-21(15-33)29-30-32(22)19-7-10-31(11-8-19)24(34)35-25(3,4)5/h6,9,12-14,19,33H,7-8,10-11,15H2,1-5H3,(H,26,27,28). The topological polar surface area (TPSA) is 118 Å². The van der Waals surface area contributed by atoms with Crippen LogP contribution in [0.2, 0.25) is 0 Å². The SMILES string of the molecule is Cc1cc(C)cc(Nc2nccc(-c3c(CO)nnn3C3CCN(C(=O)OC(C)(C)C)CC3)n2)c1. The second-order valence-electron chi connectivity index (χ2n) is 9.95. The van der Waals surface area contributed by atoms with Gasteiger partial charge in [-0.25, -0.2) is 19.4 Å². The third-order valence-electron chi connectivity index (χ3n) is 5.75. The van der Waals surface area contributed by atoms with Crippen LogP contribution in [0.4, 0.5) is 16.4 Å². The molecule has 10 heteroatoms. The maximum atomic E-state index is 12.4. The number of carbonyl (C=O) groups is 1. The summed E-state index contributed by atoms with van der Waals surface area (Å²) in [6.07, 6.45) is 2.76. The third kappa shape index (κ3) is 5.94. The molecule has 10 nitrogen and oxygen atoms in total. The van der Waals surface area contributed by atoms with Crippen LogP contribution in [0.15, 0.2) is 30.5 Å². The van der Waals surface area contributed by atoms with E-state index < -0.39 is 5.60 Å². The van der Waals surface area contributed by atoms with E-state index in [1.165, 1.54) is 0 Å². The van der Waals surface area contributed by atoms with Gasteiger partial charge >= 0.3 is 6.09 Å². The van der Waals surface area contributed by atoms with Gasteiger partial charge in [-0.15, -0.1) is 5.10 Å². The number of rotatable bonds is 5. The van der Waals surface area contributed by atoms with Crippen molar-refractivity contribution in [2.45, 2.75) is 65.7 Å². The summed E-state index contributed by atoms with van der Waals surface area (Å²) in [7, 11) is 0. The summed E-state index contributed by atoms with van der Waals surface area (Å²) in [6, 6.07) is 7.98. The second-order valence-corrected chi connectivity index (χ2v) is 9.95. The number of amides is 1. The highest BCUT2D eigenvalue weighted by atomic mass is 16.6. The predicted octanol–water partition coefficient (Wildman–Crippen LogP) is 4.16. The van der Waals surface area contributed by atoms with Crippen molar-refractivity contribution >= 4 is 17.7 Å². The van der Waals surface area contributed by atoms with Crippen molar-refractivity contribution in [3.8, 4) is 11.4 Å². The van der Waals surface area contributed by atoms with Crippen LogP contribution in [0.5, 0.6) is 0 Å². The molecular weight excluding hydrogens is 446 g/mol. The molecule has 0 aliphatic carbocycles. The van der Waals surface area contributed by atoms with Gasteiger partial charge < -0.3 is 20.1 Å². The Morgan fingerprint density at radius 1 is 1.17 bits per heavy atom. The molecule has 4 rings (SSSR count).